The molecule has 2 N–H and O–H groups in total. The molecule has 0 saturated carbocycles. The molecule has 0 aliphatic rings. The van der Waals surface area contributed by atoms with Gasteiger partial charge >= 0.3 is 6.18 Å². The highest BCUT2D eigenvalue weighted by atomic mass is 19.4. The number of unbranched alkanes of at least 4 members (excludes halogenated alkanes) is 1. The van der Waals surface area contributed by atoms with Gasteiger partial charge in [0, 0.05) is 24.8 Å². The Labute approximate surface area is 125 Å². The normalized spacial score (nSPS) is 13.3. The molecule has 0 bridgehead atoms. The Morgan fingerprint density at radius 2 is 1.90 bits per heavy atom. The summed E-state index contributed by atoms with van der Waals surface area (Å²) in [6.45, 7) is 6.83. The molecule has 0 amide bonds. The fraction of sp³-hybridized carbons (Fsp3) is 0.625. The van der Waals surface area contributed by atoms with Crippen molar-refractivity contribution in [2.24, 2.45) is 5.73 Å². The molecular formula is C16H25F3N2. The van der Waals surface area contributed by atoms with Crippen LogP contribution in [0.5, 0.6) is 0 Å². The van der Waals surface area contributed by atoms with Gasteiger partial charge in [-0.15, -0.1) is 0 Å². The van der Waals surface area contributed by atoms with E-state index in [1.165, 1.54) is 12.1 Å². The number of alkyl halides is 3. The average Bonchev–Trinajstić information content (AvgIpc) is 2.46. The Hall–Kier alpha value is -1.23. The second-order valence-corrected chi connectivity index (χ2v) is 5.35. The van der Waals surface area contributed by atoms with E-state index < -0.39 is 11.7 Å². The van der Waals surface area contributed by atoms with Gasteiger partial charge in [0.15, 0.2) is 0 Å². The van der Waals surface area contributed by atoms with Crippen LogP contribution < -0.4 is 10.6 Å². The zero-order valence-corrected chi connectivity index (χ0v) is 13.0. The maximum absolute atomic E-state index is 13.1. The summed E-state index contributed by atoms with van der Waals surface area (Å²) in [6.07, 6.45) is -1.50. The smallest absolute Gasteiger partial charge is 0.369 e. The van der Waals surface area contributed by atoms with Crippen molar-refractivity contribution in [3.63, 3.8) is 0 Å². The van der Waals surface area contributed by atoms with Gasteiger partial charge in [-0.2, -0.15) is 13.2 Å². The number of hydrogen-bond acceptors (Lipinski definition) is 2. The predicted molar refractivity (Wildman–Crippen MR) is 81.3 cm³/mol. The Kier molecular flexibility index (Phi) is 6.52. The molecule has 0 aliphatic carbocycles. The summed E-state index contributed by atoms with van der Waals surface area (Å²) in [5.41, 5.74) is 5.58. The van der Waals surface area contributed by atoms with E-state index in [0.717, 1.165) is 25.8 Å². The van der Waals surface area contributed by atoms with Crippen LogP contribution in [0.1, 0.15) is 51.2 Å². The first kappa shape index (κ1) is 17.8. The number of benzene rings is 1. The fourth-order valence-electron chi connectivity index (χ4n) is 2.34. The first-order chi connectivity index (χ1) is 9.85. The van der Waals surface area contributed by atoms with Crippen LogP contribution in [0.4, 0.5) is 18.9 Å². The molecular weight excluding hydrogens is 277 g/mol. The van der Waals surface area contributed by atoms with Crippen molar-refractivity contribution >= 4 is 5.69 Å². The van der Waals surface area contributed by atoms with Gasteiger partial charge in [-0.05, 0) is 37.5 Å². The topological polar surface area (TPSA) is 29.3 Å². The Morgan fingerprint density at radius 1 is 1.24 bits per heavy atom. The maximum Gasteiger partial charge on any atom is 0.416 e. The third kappa shape index (κ3) is 4.63. The highest BCUT2D eigenvalue weighted by Gasteiger charge is 2.33. The molecule has 0 radical (unpaired) electrons. The van der Waals surface area contributed by atoms with E-state index in [9.17, 15) is 13.2 Å². The standard InChI is InChI=1S/C16H25F3N2/c1-4-6-9-21(12(3)5-2)14-8-7-13(11-20)15(10-14)16(17,18)19/h7-8,10,12H,4-6,9,11,20H2,1-3H3. The summed E-state index contributed by atoms with van der Waals surface area (Å²) in [5, 5.41) is 0. The van der Waals surface area contributed by atoms with Gasteiger partial charge < -0.3 is 10.6 Å². The highest BCUT2D eigenvalue weighted by Crippen LogP contribution is 2.35. The minimum Gasteiger partial charge on any atom is -0.369 e. The molecule has 2 nitrogen and oxygen atoms in total. The van der Waals surface area contributed by atoms with Gasteiger partial charge in [0.05, 0.1) is 5.56 Å². The van der Waals surface area contributed by atoms with Crippen molar-refractivity contribution in [1.29, 1.82) is 0 Å². The minimum absolute atomic E-state index is 0.104. The Morgan fingerprint density at radius 3 is 2.38 bits per heavy atom. The van der Waals surface area contributed by atoms with Crippen LogP contribution in [0.2, 0.25) is 0 Å². The summed E-state index contributed by atoms with van der Waals surface area (Å²) < 4.78 is 39.4. The third-order valence-corrected chi connectivity index (χ3v) is 3.83. The molecule has 0 heterocycles. The monoisotopic (exact) mass is 302 g/mol. The lowest BCUT2D eigenvalue weighted by atomic mass is 10.0. The van der Waals surface area contributed by atoms with Crippen molar-refractivity contribution in [3.8, 4) is 0 Å². The Bertz CT molecular complexity index is 444. The molecule has 0 aliphatic heterocycles. The van der Waals surface area contributed by atoms with Crippen molar-refractivity contribution < 1.29 is 13.2 Å². The lowest BCUT2D eigenvalue weighted by molar-refractivity contribution is -0.138. The molecule has 0 saturated heterocycles. The van der Waals surface area contributed by atoms with Gasteiger partial charge in [0.1, 0.15) is 0 Å². The van der Waals surface area contributed by atoms with Gasteiger partial charge in [-0.25, -0.2) is 0 Å². The zero-order chi connectivity index (χ0) is 16.0. The maximum atomic E-state index is 13.1. The number of hydrogen-bond donors (Lipinski definition) is 1. The van der Waals surface area contributed by atoms with E-state index in [1.54, 1.807) is 6.07 Å². The van der Waals surface area contributed by atoms with Gasteiger partial charge in [-0.1, -0.05) is 26.3 Å². The van der Waals surface area contributed by atoms with Crippen molar-refractivity contribution in [2.75, 3.05) is 11.4 Å². The van der Waals surface area contributed by atoms with Crippen LogP contribution in [0.25, 0.3) is 0 Å². The number of anilines is 1. The molecule has 1 aromatic rings. The molecule has 0 spiro atoms. The van der Waals surface area contributed by atoms with Crippen LogP contribution in [0, 0.1) is 0 Å². The minimum atomic E-state index is -4.36. The van der Waals surface area contributed by atoms with E-state index in [1.807, 2.05) is 13.8 Å². The van der Waals surface area contributed by atoms with Crippen molar-refractivity contribution in [1.82, 2.24) is 0 Å². The molecule has 1 rings (SSSR count). The lowest BCUT2D eigenvalue weighted by Crippen LogP contribution is -2.33. The second-order valence-electron chi connectivity index (χ2n) is 5.35. The molecule has 1 unspecified atom stereocenters. The molecule has 5 heteroatoms. The summed E-state index contributed by atoms with van der Waals surface area (Å²) in [7, 11) is 0. The number of rotatable bonds is 7. The van der Waals surface area contributed by atoms with Crippen molar-refractivity contribution in [2.45, 2.75) is 58.8 Å². The van der Waals surface area contributed by atoms with Gasteiger partial charge in [0.25, 0.3) is 0 Å². The second kappa shape index (κ2) is 7.69. The first-order valence-corrected chi connectivity index (χ1v) is 7.51. The SMILES string of the molecule is CCCCN(c1ccc(CN)c(C(F)(F)F)c1)C(C)CC. The van der Waals surface area contributed by atoms with E-state index in [2.05, 4.69) is 11.8 Å². The molecule has 21 heavy (non-hydrogen) atoms. The average molecular weight is 302 g/mol. The number of nitrogens with two attached hydrogens (primary N) is 1. The third-order valence-electron chi connectivity index (χ3n) is 3.83. The quantitative estimate of drug-likeness (QED) is 0.799. The molecule has 0 aromatic heterocycles. The van der Waals surface area contributed by atoms with Crippen LogP contribution in [0.3, 0.4) is 0 Å². The summed E-state index contributed by atoms with van der Waals surface area (Å²) in [4.78, 5) is 2.05. The molecule has 120 valence electrons. The predicted octanol–water partition coefficient (Wildman–Crippen LogP) is 4.57. The largest absolute Gasteiger partial charge is 0.416 e. The van der Waals surface area contributed by atoms with Crippen LogP contribution in [0.15, 0.2) is 18.2 Å². The van der Waals surface area contributed by atoms with E-state index in [0.29, 0.717) is 5.69 Å². The van der Waals surface area contributed by atoms with E-state index in [-0.39, 0.29) is 18.2 Å². The molecule has 1 atom stereocenters. The molecule has 0 fully saturated rings. The summed E-state index contributed by atoms with van der Waals surface area (Å²) in [6, 6.07) is 4.70. The molecule has 1 aromatic carbocycles. The van der Waals surface area contributed by atoms with Gasteiger partial charge in [0.2, 0.25) is 0 Å². The van der Waals surface area contributed by atoms with E-state index in [4.69, 9.17) is 5.73 Å². The Balaban J connectivity index is 3.20. The van der Waals surface area contributed by atoms with Gasteiger partial charge in [-0.3, -0.25) is 0 Å². The van der Waals surface area contributed by atoms with E-state index >= 15 is 0 Å². The highest BCUT2D eigenvalue weighted by molar-refractivity contribution is 5.52. The fourth-order valence-corrected chi connectivity index (χ4v) is 2.34. The summed E-state index contributed by atoms with van der Waals surface area (Å²) in [5.74, 6) is 0. The first-order valence-electron chi connectivity index (χ1n) is 7.51. The summed E-state index contributed by atoms with van der Waals surface area (Å²) >= 11 is 0. The number of nitrogens with zero attached hydrogens (tertiary/aromatic N) is 1. The van der Waals surface area contributed by atoms with Crippen LogP contribution in [-0.2, 0) is 12.7 Å². The van der Waals surface area contributed by atoms with Crippen molar-refractivity contribution in [3.05, 3.63) is 29.3 Å². The number of halogens is 3. The van der Waals surface area contributed by atoms with Crippen LogP contribution in [-0.4, -0.2) is 12.6 Å². The van der Waals surface area contributed by atoms with Crippen LogP contribution >= 0.6 is 0 Å². The zero-order valence-electron chi connectivity index (χ0n) is 13.0. The lowest BCUT2D eigenvalue weighted by Gasteiger charge is -2.31.